The lowest BCUT2D eigenvalue weighted by Crippen LogP contribution is -2.27. The number of oxazole rings is 1. The van der Waals surface area contributed by atoms with Crippen molar-refractivity contribution >= 4 is 12.0 Å². The summed E-state index contributed by atoms with van der Waals surface area (Å²) >= 11 is 0. The van der Waals surface area contributed by atoms with Crippen molar-refractivity contribution in [3.8, 4) is 0 Å². The minimum Gasteiger partial charge on any atom is -0.461 e. The molecule has 1 N–H and O–H groups in total. The van der Waals surface area contributed by atoms with E-state index in [1.54, 1.807) is 6.92 Å². The van der Waals surface area contributed by atoms with Gasteiger partial charge in [-0.3, -0.25) is 4.90 Å². The summed E-state index contributed by atoms with van der Waals surface area (Å²) in [6.45, 7) is 4.27. The Morgan fingerprint density at radius 2 is 2.42 bits per heavy atom. The quantitative estimate of drug-likeness (QED) is 0.814. The van der Waals surface area contributed by atoms with Crippen molar-refractivity contribution in [1.82, 2.24) is 9.88 Å². The predicted molar refractivity (Wildman–Crippen MR) is 69.1 cm³/mol. The summed E-state index contributed by atoms with van der Waals surface area (Å²) < 4.78 is 10.1. The lowest BCUT2D eigenvalue weighted by Gasteiger charge is -2.14. The highest BCUT2D eigenvalue weighted by Crippen LogP contribution is 2.30. The van der Waals surface area contributed by atoms with Crippen LogP contribution in [0.4, 0.5) is 6.01 Å². The van der Waals surface area contributed by atoms with Gasteiger partial charge in [0.25, 0.3) is 6.01 Å². The molecule has 0 spiro atoms. The number of rotatable bonds is 5. The molecule has 1 aromatic rings. The third kappa shape index (κ3) is 2.89. The van der Waals surface area contributed by atoms with Gasteiger partial charge in [-0.25, -0.2) is 4.79 Å². The molecule has 19 heavy (non-hydrogen) atoms. The van der Waals surface area contributed by atoms with Gasteiger partial charge in [-0.2, -0.15) is 4.98 Å². The minimum absolute atomic E-state index is 0.224. The molecule has 2 aliphatic rings. The fourth-order valence-corrected chi connectivity index (χ4v) is 2.49. The number of nitrogens with zero attached hydrogens (tertiary/aromatic N) is 2. The number of ether oxygens (including phenoxy) is 1. The zero-order valence-corrected chi connectivity index (χ0v) is 11.1. The van der Waals surface area contributed by atoms with Crippen molar-refractivity contribution in [3.63, 3.8) is 0 Å². The monoisotopic (exact) mass is 265 g/mol. The molecule has 0 bridgehead atoms. The highest BCUT2D eigenvalue weighted by atomic mass is 16.5. The van der Waals surface area contributed by atoms with Gasteiger partial charge in [0.15, 0.2) is 5.69 Å². The van der Waals surface area contributed by atoms with Crippen LogP contribution in [-0.4, -0.2) is 47.6 Å². The first kappa shape index (κ1) is 12.5. The second-order valence-corrected chi connectivity index (χ2v) is 5.11. The summed E-state index contributed by atoms with van der Waals surface area (Å²) in [5.74, 6) is -0.440. The molecule has 1 atom stereocenters. The third-order valence-electron chi connectivity index (χ3n) is 3.60. The molecule has 3 rings (SSSR count). The number of carbonyl (C=O) groups excluding carboxylic acids is 1. The molecule has 2 fully saturated rings. The molecule has 0 radical (unpaired) electrons. The number of carbonyl (C=O) groups is 1. The summed E-state index contributed by atoms with van der Waals surface area (Å²) in [7, 11) is 0. The second kappa shape index (κ2) is 5.21. The molecule has 1 aliphatic heterocycles. The molecule has 6 heteroatoms. The standard InChI is InChI=1S/C13H19N3O3/c1-2-18-12(17)11-8-19-13(15-11)14-9-5-6-16(7-9)10-3-4-10/h8-10H,2-7H2,1H3,(H,14,15). The lowest BCUT2D eigenvalue weighted by molar-refractivity contribution is 0.0519. The van der Waals surface area contributed by atoms with E-state index in [4.69, 9.17) is 9.15 Å². The highest BCUT2D eigenvalue weighted by Gasteiger charge is 2.34. The van der Waals surface area contributed by atoms with Crippen LogP contribution in [-0.2, 0) is 4.74 Å². The Bertz CT molecular complexity index is 456. The van der Waals surface area contributed by atoms with E-state index >= 15 is 0 Å². The molecule has 0 aromatic carbocycles. The summed E-state index contributed by atoms with van der Waals surface area (Å²) in [5.41, 5.74) is 0.224. The van der Waals surface area contributed by atoms with E-state index < -0.39 is 5.97 Å². The normalized spacial score (nSPS) is 23.5. The molecule has 1 aliphatic carbocycles. The van der Waals surface area contributed by atoms with Crippen LogP contribution in [0.2, 0.25) is 0 Å². The first-order valence-corrected chi connectivity index (χ1v) is 6.89. The van der Waals surface area contributed by atoms with E-state index in [1.165, 1.54) is 19.1 Å². The molecular formula is C13H19N3O3. The van der Waals surface area contributed by atoms with E-state index in [0.29, 0.717) is 18.7 Å². The van der Waals surface area contributed by atoms with Crippen molar-refractivity contribution in [2.24, 2.45) is 0 Å². The Hall–Kier alpha value is -1.56. The fourth-order valence-electron chi connectivity index (χ4n) is 2.49. The summed E-state index contributed by atoms with van der Waals surface area (Å²) in [5, 5.41) is 3.24. The van der Waals surface area contributed by atoms with Gasteiger partial charge in [0.1, 0.15) is 6.26 Å². The average molecular weight is 265 g/mol. The van der Waals surface area contributed by atoms with Crippen molar-refractivity contribution < 1.29 is 13.9 Å². The van der Waals surface area contributed by atoms with Gasteiger partial charge in [0.05, 0.1) is 6.61 Å². The van der Waals surface area contributed by atoms with Crippen molar-refractivity contribution in [1.29, 1.82) is 0 Å². The molecule has 1 aromatic heterocycles. The third-order valence-corrected chi connectivity index (χ3v) is 3.60. The Balaban J connectivity index is 1.54. The summed E-state index contributed by atoms with van der Waals surface area (Å²) in [4.78, 5) is 18.1. The van der Waals surface area contributed by atoms with Gasteiger partial charge < -0.3 is 14.5 Å². The zero-order chi connectivity index (χ0) is 13.2. The second-order valence-electron chi connectivity index (χ2n) is 5.11. The number of nitrogens with one attached hydrogen (secondary N) is 1. The summed E-state index contributed by atoms with van der Waals surface area (Å²) in [6.07, 6.45) is 5.10. The van der Waals surface area contributed by atoms with E-state index in [9.17, 15) is 4.79 Å². The van der Waals surface area contributed by atoms with Gasteiger partial charge in [-0.15, -0.1) is 0 Å². The molecule has 1 saturated carbocycles. The van der Waals surface area contributed by atoms with Crippen LogP contribution in [0, 0.1) is 0 Å². The molecule has 0 amide bonds. The fraction of sp³-hybridized carbons (Fsp3) is 0.692. The zero-order valence-electron chi connectivity index (χ0n) is 11.1. The average Bonchev–Trinajstić information content (AvgIpc) is 2.97. The highest BCUT2D eigenvalue weighted by molar-refractivity contribution is 5.87. The van der Waals surface area contributed by atoms with Crippen LogP contribution in [0.15, 0.2) is 10.7 Å². The Morgan fingerprint density at radius 1 is 1.58 bits per heavy atom. The van der Waals surface area contributed by atoms with Gasteiger partial charge in [-0.05, 0) is 26.2 Å². The summed E-state index contributed by atoms with van der Waals surface area (Å²) in [6, 6.07) is 1.56. The lowest BCUT2D eigenvalue weighted by atomic mass is 10.3. The maximum absolute atomic E-state index is 11.5. The molecular weight excluding hydrogens is 246 g/mol. The Labute approximate surface area is 112 Å². The van der Waals surface area contributed by atoms with Gasteiger partial charge in [0.2, 0.25) is 0 Å². The number of hydrogen-bond acceptors (Lipinski definition) is 6. The number of hydrogen-bond donors (Lipinski definition) is 1. The van der Waals surface area contributed by atoms with Gasteiger partial charge in [0, 0.05) is 25.2 Å². The maximum atomic E-state index is 11.5. The number of esters is 1. The van der Waals surface area contributed by atoms with E-state index in [2.05, 4.69) is 15.2 Å². The van der Waals surface area contributed by atoms with Gasteiger partial charge >= 0.3 is 5.97 Å². The minimum atomic E-state index is -0.440. The smallest absolute Gasteiger partial charge is 0.360 e. The first-order chi connectivity index (χ1) is 9.26. The van der Waals surface area contributed by atoms with E-state index in [-0.39, 0.29) is 5.69 Å². The molecule has 1 saturated heterocycles. The van der Waals surface area contributed by atoms with Gasteiger partial charge in [-0.1, -0.05) is 0 Å². The van der Waals surface area contributed by atoms with E-state index in [1.807, 2.05) is 0 Å². The topological polar surface area (TPSA) is 67.6 Å². The van der Waals surface area contributed by atoms with Crippen LogP contribution >= 0.6 is 0 Å². The van der Waals surface area contributed by atoms with Crippen molar-refractivity contribution in [2.45, 2.75) is 38.3 Å². The van der Waals surface area contributed by atoms with Crippen LogP contribution in [0.5, 0.6) is 0 Å². The molecule has 104 valence electrons. The van der Waals surface area contributed by atoms with E-state index in [0.717, 1.165) is 25.6 Å². The molecule has 1 unspecified atom stereocenters. The van der Waals surface area contributed by atoms with Crippen LogP contribution < -0.4 is 5.32 Å². The SMILES string of the molecule is CCOC(=O)c1coc(NC2CCN(C3CC3)C2)n1. The largest absolute Gasteiger partial charge is 0.461 e. The number of anilines is 1. The van der Waals surface area contributed by atoms with Crippen molar-refractivity contribution in [2.75, 3.05) is 25.0 Å². The molecule has 6 nitrogen and oxygen atoms in total. The Morgan fingerprint density at radius 3 is 3.16 bits per heavy atom. The van der Waals surface area contributed by atoms with Crippen LogP contribution in [0.25, 0.3) is 0 Å². The van der Waals surface area contributed by atoms with Crippen LogP contribution in [0.3, 0.4) is 0 Å². The number of likely N-dealkylation sites (tertiary alicyclic amines) is 1. The molecule has 2 heterocycles. The number of aromatic nitrogens is 1. The van der Waals surface area contributed by atoms with Crippen LogP contribution in [0.1, 0.15) is 36.7 Å². The Kier molecular flexibility index (Phi) is 3.42. The van der Waals surface area contributed by atoms with Crippen molar-refractivity contribution in [3.05, 3.63) is 12.0 Å². The predicted octanol–water partition coefficient (Wildman–Crippen LogP) is 1.50. The first-order valence-electron chi connectivity index (χ1n) is 6.89. The maximum Gasteiger partial charge on any atom is 0.360 e.